The SMILES string of the molecule is Cc1ccc(CCCNC(=O)CN(c2cc(Cl)c(Cl)cc2Cl)S(C)(=O)=O)cc1. The highest BCUT2D eigenvalue weighted by molar-refractivity contribution is 7.92. The van der Waals surface area contributed by atoms with Crippen LogP contribution in [-0.2, 0) is 21.2 Å². The van der Waals surface area contributed by atoms with Crippen LogP contribution in [0.25, 0.3) is 0 Å². The molecular weight excluding hydrogens is 443 g/mol. The molecule has 0 heterocycles. The molecule has 0 spiro atoms. The smallest absolute Gasteiger partial charge is 0.240 e. The quantitative estimate of drug-likeness (QED) is 0.464. The fourth-order valence-electron chi connectivity index (χ4n) is 2.55. The van der Waals surface area contributed by atoms with Crippen molar-refractivity contribution in [2.45, 2.75) is 19.8 Å². The van der Waals surface area contributed by atoms with Crippen molar-refractivity contribution in [2.75, 3.05) is 23.7 Å². The molecular formula is C19H21Cl3N2O3S. The van der Waals surface area contributed by atoms with Gasteiger partial charge in [-0.05, 0) is 37.5 Å². The highest BCUT2D eigenvalue weighted by Gasteiger charge is 2.24. The fourth-order valence-corrected chi connectivity index (χ4v) is 4.10. The predicted molar refractivity (Wildman–Crippen MR) is 116 cm³/mol. The number of carbonyl (C=O) groups is 1. The second-order valence-electron chi connectivity index (χ2n) is 6.43. The van der Waals surface area contributed by atoms with Crippen LogP contribution in [0.1, 0.15) is 17.5 Å². The summed E-state index contributed by atoms with van der Waals surface area (Å²) in [7, 11) is -3.76. The number of hydrogen-bond donors (Lipinski definition) is 1. The van der Waals surface area contributed by atoms with Crippen molar-refractivity contribution < 1.29 is 13.2 Å². The maximum atomic E-state index is 12.3. The van der Waals surface area contributed by atoms with E-state index in [9.17, 15) is 13.2 Å². The summed E-state index contributed by atoms with van der Waals surface area (Å²) >= 11 is 18.0. The molecule has 28 heavy (non-hydrogen) atoms. The summed E-state index contributed by atoms with van der Waals surface area (Å²) in [5, 5.41) is 3.17. The predicted octanol–water partition coefficient (Wildman–Crippen LogP) is 4.47. The number of halogens is 3. The largest absolute Gasteiger partial charge is 0.355 e. The standard InChI is InChI=1S/C19H21Cl3N2O3S/c1-13-5-7-14(8-6-13)4-3-9-23-19(25)12-24(28(2,26)27)18-11-16(21)15(20)10-17(18)22/h5-8,10-11H,3-4,9,12H2,1-2H3,(H,23,25). The summed E-state index contributed by atoms with van der Waals surface area (Å²) in [6.07, 6.45) is 2.55. The van der Waals surface area contributed by atoms with Crippen molar-refractivity contribution in [2.24, 2.45) is 0 Å². The molecule has 0 aliphatic rings. The number of nitrogens with one attached hydrogen (secondary N) is 1. The fraction of sp³-hybridized carbons (Fsp3) is 0.316. The van der Waals surface area contributed by atoms with Crippen LogP contribution in [-0.4, -0.2) is 33.7 Å². The zero-order chi connectivity index (χ0) is 20.9. The average Bonchev–Trinajstić information content (AvgIpc) is 2.61. The van der Waals surface area contributed by atoms with E-state index in [-0.39, 0.29) is 20.8 Å². The van der Waals surface area contributed by atoms with Crippen LogP contribution in [0.15, 0.2) is 36.4 Å². The summed E-state index contributed by atoms with van der Waals surface area (Å²) in [6, 6.07) is 10.9. The van der Waals surface area contributed by atoms with Gasteiger partial charge in [0, 0.05) is 6.54 Å². The van der Waals surface area contributed by atoms with Gasteiger partial charge in [0.05, 0.1) is 27.0 Å². The maximum Gasteiger partial charge on any atom is 0.240 e. The van der Waals surface area contributed by atoms with Crippen molar-refractivity contribution in [3.63, 3.8) is 0 Å². The highest BCUT2D eigenvalue weighted by atomic mass is 35.5. The van der Waals surface area contributed by atoms with Crippen LogP contribution in [0, 0.1) is 6.92 Å². The van der Waals surface area contributed by atoms with Crippen LogP contribution in [0.4, 0.5) is 5.69 Å². The molecule has 0 aromatic heterocycles. The van der Waals surface area contributed by atoms with Crippen LogP contribution >= 0.6 is 34.8 Å². The molecule has 0 aliphatic heterocycles. The second kappa shape index (κ2) is 9.83. The van der Waals surface area contributed by atoms with Crippen LogP contribution < -0.4 is 9.62 Å². The molecule has 1 amide bonds. The Balaban J connectivity index is 1.98. The third kappa shape index (κ3) is 6.55. The summed E-state index contributed by atoms with van der Waals surface area (Å²) in [5.74, 6) is -0.434. The van der Waals surface area contributed by atoms with E-state index in [1.54, 1.807) is 0 Å². The molecule has 152 valence electrons. The molecule has 2 aromatic rings. The number of sulfonamides is 1. The van der Waals surface area contributed by atoms with Gasteiger partial charge in [0.15, 0.2) is 0 Å². The molecule has 2 aromatic carbocycles. The van der Waals surface area contributed by atoms with Gasteiger partial charge in [0.2, 0.25) is 15.9 Å². The Bertz CT molecular complexity index is 948. The van der Waals surface area contributed by atoms with Crippen LogP contribution in [0.2, 0.25) is 15.1 Å². The van der Waals surface area contributed by atoms with E-state index in [4.69, 9.17) is 34.8 Å². The molecule has 2 rings (SSSR count). The molecule has 5 nitrogen and oxygen atoms in total. The number of benzene rings is 2. The monoisotopic (exact) mass is 462 g/mol. The van der Waals surface area contributed by atoms with Crippen LogP contribution in [0.5, 0.6) is 0 Å². The lowest BCUT2D eigenvalue weighted by molar-refractivity contribution is -0.119. The first-order valence-electron chi connectivity index (χ1n) is 8.52. The van der Waals surface area contributed by atoms with Crippen molar-refractivity contribution in [3.05, 3.63) is 62.6 Å². The van der Waals surface area contributed by atoms with E-state index in [0.717, 1.165) is 23.4 Å². The van der Waals surface area contributed by atoms with Crippen molar-refractivity contribution in [1.82, 2.24) is 5.32 Å². The number of amides is 1. The third-order valence-electron chi connectivity index (χ3n) is 4.03. The van der Waals surface area contributed by atoms with Crippen molar-refractivity contribution in [1.29, 1.82) is 0 Å². The van der Waals surface area contributed by atoms with E-state index in [2.05, 4.69) is 17.4 Å². The Morgan fingerprint density at radius 1 is 1.04 bits per heavy atom. The highest BCUT2D eigenvalue weighted by Crippen LogP contribution is 2.35. The summed E-state index contributed by atoms with van der Waals surface area (Å²) in [4.78, 5) is 12.3. The molecule has 0 fully saturated rings. The summed E-state index contributed by atoms with van der Waals surface area (Å²) in [6.45, 7) is 2.05. The van der Waals surface area contributed by atoms with Gasteiger partial charge < -0.3 is 5.32 Å². The average molecular weight is 464 g/mol. The summed E-state index contributed by atoms with van der Waals surface area (Å²) in [5.41, 5.74) is 2.48. The van der Waals surface area contributed by atoms with Gasteiger partial charge in [-0.2, -0.15) is 0 Å². The Labute approximate surface area is 180 Å². The van der Waals surface area contributed by atoms with Crippen molar-refractivity contribution in [3.8, 4) is 0 Å². The lowest BCUT2D eigenvalue weighted by Gasteiger charge is -2.23. The van der Waals surface area contributed by atoms with Gasteiger partial charge in [0.25, 0.3) is 0 Å². The Kier molecular flexibility index (Phi) is 8.01. The molecule has 0 atom stereocenters. The van der Waals surface area contributed by atoms with Gasteiger partial charge in [-0.3, -0.25) is 9.10 Å². The third-order valence-corrected chi connectivity index (χ3v) is 6.18. The van der Waals surface area contributed by atoms with E-state index in [1.165, 1.54) is 23.3 Å². The number of aryl methyl sites for hydroxylation is 2. The van der Waals surface area contributed by atoms with Crippen molar-refractivity contribution >= 4 is 56.4 Å². The normalized spacial score (nSPS) is 11.3. The minimum Gasteiger partial charge on any atom is -0.355 e. The Hall–Kier alpha value is -1.47. The number of carbonyl (C=O) groups excluding carboxylic acids is 1. The minimum atomic E-state index is -3.76. The zero-order valence-corrected chi connectivity index (χ0v) is 18.6. The Morgan fingerprint density at radius 2 is 1.64 bits per heavy atom. The molecule has 0 saturated heterocycles. The first-order chi connectivity index (χ1) is 13.1. The number of hydrogen-bond acceptors (Lipinski definition) is 3. The lowest BCUT2D eigenvalue weighted by Crippen LogP contribution is -2.40. The van der Waals surface area contributed by atoms with Gasteiger partial charge in [-0.25, -0.2) is 8.42 Å². The van der Waals surface area contributed by atoms with Gasteiger partial charge in [0.1, 0.15) is 6.54 Å². The molecule has 9 heteroatoms. The molecule has 0 unspecified atom stereocenters. The van der Waals surface area contributed by atoms with Gasteiger partial charge in [-0.1, -0.05) is 64.6 Å². The molecule has 0 saturated carbocycles. The summed E-state index contributed by atoms with van der Waals surface area (Å²) < 4.78 is 25.2. The molecule has 1 N–H and O–H groups in total. The zero-order valence-electron chi connectivity index (χ0n) is 15.5. The van der Waals surface area contributed by atoms with Gasteiger partial charge >= 0.3 is 0 Å². The first kappa shape index (κ1) is 22.8. The molecule has 0 aliphatic carbocycles. The first-order valence-corrected chi connectivity index (χ1v) is 11.5. The number of anilines is 1. The minimum absolute atomic E-state index is 0.0898. The number of nitrogens with zero attached hydrogens (tertiary/aromatic N) is 1. The topological polar surface area (TPSA) is 66.5 Å². The van der Waals surface area contributed by atoms with Crippen LogP contribution in [0.3, 0.4) is 0 Å². The number of rotatable bonds is 8. The van der Waals surface area contributed by atoms with E-state index < -0.39 is 22.5 Å². The van der Waals surface area contributed by atoms with Gasteiger partial charge in [-0.15, -0.1) is 0 Å². The van der Waals surface area contributed by atoms with E-state index in [1.807, 2.05) is 19.1 Å². The maximum absolute atomic E-state index is 12.3. The van der Waals surface area contributed by atoms with E-state index >= 15 is 0 Å². The molecule has 0 radical (unpaired) electrons. The van der Waals surface area contributed by atoms with E-state index in [0.29, 0.717) is 6.54 Å². The Morgan fingerprint density at radius 3 is 2.25 bits per heavy atom. The second-order valence-corrected chi connectivity index (χ2v) is 9.55. The lowest BCUT2D eigenvalue weighted by atomic mass is 10.1. The molecule has 0 bridgehead atoms.